The van der Waals surface area contributed by atoms with E-state index in [1.165, 1.54) is 17.4 Å². The van der Waals surface area contributed by atoms with Gasteiger partial charge in [0.2, 0.25) is 0 Å². The van der Waals surface area contributed by atoms with Gasteiger partial charge in [0.25, 0.3) is 5.91 Å². The first-order chi connectivity index (χ1) is 11.5. The van der Waals surface area contributed by atoms with E-state index in [1.807, 2.05) is 17.9 Å². The molecule has 0 bridgehead atoms. The second kappa shape index (κ2) is 7.17. The molecule has 6 heteroatoms. The fraction of sp³-hybridized carbons (Fsp3) is 0.500. The molecule has 1 fully saturated rings. The lowest BCUT2D eigenvalue weighted by Crippen LogP contribution is -2.45. The van der Waals surface area contributed by atoms with Crippen molar-refractivity contribution in [2.45, 2.75) is 32.4 Å². The van der Waals surface area contributed by atoms with Gasteiger partial charge in [0.15, 0.2) is 0 Å². The Morgan fingerprint density at radius 1 is 1.54 bits per heavy atom. The van der Waals surface area contributed by atoms with Gasteiger partial charge >= 0.3 is 0 Å². The van der Waals surface area contributed by atoms with Crippen molar-refractivity contribution in [3.63, 3.8) is 0 Å². The maximum absolute atomic E-state index is 14.3. The number of fused-ring (bicyclic) bond motifs is 1. The Hall–Kier alpha value is -1.50. The Labute approximate surface area is 145 Å². The van der Waals surface area contributed by atoms with E-state index in [9.17, 15) is 9.18 Å². The molecule has 1 aromatic carbocycles. The highest BCUT2D eigenvalue weighted by Crippen LogP contribution is 2.35. The molecule has 1 aliphatic rings. The second-order valence-electron chi connectivity index (χ2n) is 6.47. The summed E-state index contributed by atoms with van der Waals surface area (Å²) in [6.45, 7) is 3.61. The third kappa shape index (κ3) is 3.18. The number of benzene rings is 1. The highest BCUT2D eigenvalue weighted by molar-refractivity contribution is 7.21. The molecule has 1 amide bonds. The first-order valence-corrected chi connectivity index (χ1v) is 9.08. The number of likely N-dealkylation sites (tertiary alicyclic amines) is 1. The molecule has 24 heavy (non-hydrogen) atoms. The molecule has 2 N–H and O–H groups in total. The van der Waals surface area contributed by atoms with Gasteiger partial charge in [-0.05, 0) is 37.8 Å². The molecule has 2 heterocycles. The fourth-order valence-electron chi connectivity index (χ4n) is 3.39. The summed E-state index contributed by atoms with van der Waals surface area (Å²) in [6.07, 6.45) is 2.00. The number of methoxy groups -OCH3 is 1. The van der Waals surface area contributed by atoms with Crippen LogP contribution >= 0.6 is 11.3 Å². The zero-order chi connectivity index (χ0) is 17.3. The van der Waals surface area contributed by atoms with E-state index in [4.69, 9.17) is 10.5 Å². The van der Waals surface area contributed by atoms with Crippen molar-refractivity contribution in [1.29, 1.82) is 0 Å². The van der Waals surface area contributed by atoms with Crippen LogP contribution in [0.15, 0.2) is 18.2 Å². The number of amides is 1. The fourth-order valence-corrected chi connectivity index (χ4v) is 4.58. The summed E-state index contributed by atoms with van der Waals surface area (Å²) < 4.78 is 20.3. The van der Waals surface area contributed by atoms with Crippen molar-refractivity contribution in [2.24, 2.45) is 11.7 Å². The highest BCUT2D eigenvalue weighted by atomic mass is 32.1. The number of piperidine rings is 1. The summed E-state index contributed by atoms with van der Waals surface area (Å²) in [7, 11) is 1.56. The Balaban J connectivity index is 1.97. The molecule has 2 atom stereocenters. The number of rotatable bonds is 4. The SMILES string of the molecule is COCc1c(C(=O)N2CCCC(C(C)N)C2)sc2cccc(F)c12. The van der Waals surface area contributed by atoms with Crippen molar-refractivity contribution in [1.82, 2.24) is 4.90 Å². The minimum Gasteiger partial charge on any atom is -0.380 e. The Bertz CT molecular complexity index is 744. The molecule has 1 saturated heterocycles. The van der Waals surface area contributed by atoms with Crippen LogP contribution in [0.4, 0.5) is 4.39 Å². The van der Waals surface area contributed by atoms with Gasteiger partial charge in [0, 0.05) is 41.9 Å². The predicted molar refractivity (Wildman–Crippen MR) is 94.8 cm³/mol. The molecule has 4 nitrogen and oxygen atoms in total. The molecular weight excluding hydrogens is 327 g/mol. The smallest absolute Gasteiger partial charge is 0.264 e. The molecule has 0 radical (unpaired) electrons. The maximum atomic E-state index is 14.3. The highest BCUT2D eigenvalue weighted by Gasteiger charge is 2.29. The molecule has 1 aromatic heterocycles. The summed E-state index contributed by atoms with van der Waals surface area (Å²) in [6, 6.07) is 5.01. The molecule has 130 valence electrons. The van der Waals surface area contributed by atoms with Crippen LogP contribution in [0.25, 0.3) is 10.1 Å². The van der Waals surface area contributed by atoms with Crippen LogP contribution in [-0.4, -0.2) is 37.0 Å². The monoisotopic (exact) mass is 350 g/mol. The standard InChI is InChI=1S/C18H23FN2O2S/c1-11(20)12-5-4-8-21(9-12)18(22)17-13(10-23-2)16-14(19)6-3-7-15(16)24-17/h3,6-7,11-12H,4-5,8-10,20H2,1-2H3. The average Bonchev–Trinajstić information content (AvgIpc) is 2.94. The molecule has 3 rings (SSSR count). The van der Waals surface area contributed by atoms with Gasteiger partial charge in [-0.15, -0.1) is 11.3 Å². The zero-order valence-electron chi connectivity index (χ0n) is 14.0. The van der Waals surface area contributed by atoms with Crippen LogP contribution in [0.5, 0.6) is 0 Å². The molecule has 2 aromatic rings. The number of hydrogen-bond donors (Lipinski definition) is 1. The van der Waals surface area contributed by atoms with Gasteiger partial charge in [-0.25, -0.2) is 4.39 Å². The maximum Gasteiger partial charge on any atom is 0.264 e. The third-order valence-electron chi connectivity index (χ3n) is 4.73. The van der Waals surface area contributed by atoms with E-state index in [-0.39, 0.29) is 24.4 Å². The van der Waals surface area contributed by atoms with Gasteiger partial charge in [-0.1, -0.05) is 6.07 Å². The second-order valence-corrected chi connectivity index (χ2v) is 7.52. The Kier molecular flexibility index (Phi) is 5.18. The third-order valence-corrected chi connectivity index (χ3v) is 5.92. The van der Waals surface area contributed by atoms with Crippen molar-refractivity contribution >= 4 is 27.3 Å². The van der Waals surface area contributed by atoms with Crippen molar-refractivity contribution < 1.29 is 13.9 Å². The average molecular weight is 350 g/mol. The first kappa shape index (κ1) is 17.3. The minimum atomic E-state index is -0.304. The molecule has 2 unspecified atom stereocenters. The van der Waals surface area contributed by atoms with E-state index < -0.39 is 0 Å². The number of carbonyl (C=O) groups excluding carboxylic acids is 1. The van der Waals surface area contributed by atoms with Crippen molar-refractivity contribution in [2.75, 3.05) is 20.2 Å². The molecule has 0 aliphatic carbocycles. The van der Waals surface area contributed by atoms with Gasteiger partial charge in [-0.2, -0.15) is 0 Å². The van der Waals surface area contributed by atoms with Gasteiger partial charge in [0.05, 0.1) is 11.5 Å². The van der Waals surface area contributed by atoms with Crippen LogP contribution < -0.4 is 5.73 Å². The number of carbonyl (C=O) groups is 1. The summed E-state index contributed by atoms with van der Waals surface area (Å²) in [5.41, 5.74) is 6.68. The molecule has 0 spiro atoms. The minimum absolute atomic E-state index is 0.0343. The lowest BCUT2D eigenvalue weighted by molar-refractivity contribution is 0.0662. The Morgan fingerprint density at radius 2 is 2.33 bits per heavy atom. The molecule has 1 aliphatic heterocycles. The van der Waals surface area contributed by atoms with Crippen molar-refractivity contribution in [3.05, 3.63) is 34.5 Å². The summed E-state index contributed by atoms with van der Waals surface area (Å²) in [4.78, 5) is 15.5. The van der Waals surface area contributed by atoms with Gasteiger partial charge in [0.1, 0.15) is 5.82 Å². The largest absolute Gasteiger partial charge is 0.380 e. The zero-order valence-corrected chi connectivity index (χ0v) is 14.9. The number of thiophene rings is 1. The summed E-state index contributed by atoms with van der Waals surface area (Å²) in [5, 5.41) is 0.508. The number of nitrogens with two attached hydrogens (primary N) is 1. The molecule has 0 saturated carbocycles. The van der Waals surface area contributed by atoms with E-state index >= 15 is 0 Å². The lowest BCUT2D eigenvalue weighted by Gasteiger charge is -2.34. The summed E-state index contributed by atoms with van der Waals surface area (Å²) >= 11 is 1.35. The Morgan fingerprint density at radius 3 is 3.04 bits per heavy atom. The van der Waals surface area contributed by atoms with Crippen LogP contribution in [0.3, 0.4) is 0 Å². The number of ether oxygens (including phenoxy) is 1. The van der Waals surface area contributed by atoms with E-state index in [1.54, 1.807) is 13.2 Å². The quantitative estimate of drug-likeness (QED) is 0.920. The first-order valence-electron chi connectivity index (χ1n) is 8.26. The van der Waals surface area contributed by atoms with E-state index in [0.717, 1.165) is 24.1 Å². The predicted octanol–water partition coefficient (Wildman–Crippen LogP) is 3.39. The van der Waals surface area contributed by atoms with Gasteiger partial charge < -0.3 is 15.4 Å². The van der Waals surface area contributed by atoms with Crippen LogP contribution in [0, 0.1) is 11.7 Å². The van der Waals surface area contributed by atoms with Crippen LogP contribution in [-0.2, 0) is 11.3 Å². The van der Waals surface area contributed by atoms with E-state index in [2.05, 4.69) is 0 Å². The number of hydrogen-bond acceptors (Lipinski definition) is 4. The van der Waals surface area contributed by atoms with Crippen LogP contribution in [0.1, 0.15) is 35.0 Å². The number of nitrogens with zero attached hydrogens (tertiary/aromatic N) is 1. The normalized spacial score (nSPS) is 19.7. The van der Waals surface area contributed by atoms with E-state index in [0.29, 0.717) is 28.3 Å². The summed E-state index contributed by atoms with van der Waals surface area (Å²) in [5.74, 6) is -0.0189. The van der Waals surface area contributed by atoms with Gasteiger partial charge in [-0.3, -0.25) is 4.79 Å². The topological polar surface area (TPSA) is 55.6 Å². The van der Waals surface area contributed by atoms with Crippen molar-refractivity contribution in [3.8, 4) is 0 Å². The number of halogens is 1. The lowest BCUT2D eigenvalue weighted by atomic mass is 9.92. The van der Waals surface area contributed by atoms with Crippen LogP contribution in [0.2, 0.25) is 0 Å². The molecular formula is C18H23FN2O2S.